The van der Waals surface area contributed by atoms with Crippen LogP contribution in [-0.4, -0.2) is 37.2 Å². The maximum atomic E-state index is 12.7. The molecule has 3 rings (SSSR count). The van der Waals surface area contributed by atoms with Crippen molar-refractivity contribution in [3.05, 3.63) is 27.2 Å². The summed E-state index contributed by atoms with van der Waals surface area (Å²) in [5.41, 5.74) is 0.436. The van der Waals surface area contributed by atoms with Gasteiger partial charge in [0.2, 0.25) is 0 Å². The van der Waals surface area contributed by atoms with Crippen molar-refractivity contribution in [2.75, 3.05) is 6.61 Å². The van der Waals surface area contributed by atoms with E-state index in [-0.39, 0.29) is 17.4 Å². The first kappa shape index (κ1) is 18.8. The Labute approximate surface area is 152 Å². The first-order valence-corrected chi connectivity index (χ1v) is 9.38. The van der Waals surface area contributed by atoms with E-state index in [1.54, 1.807) is 15.5 Å². The standard InChI is InChI=1S/C18H28N4O4/c1-5-20-12-19-15-14(20)16(23)21(6-2)17(24)22(15)10-8-7-9-13-11-25-18(3,4)26-13/h12-13H,5-11H2,1-4H3. The number of aromatic nitrogens is 4. The Balaban J connectivity index is 1.76. The van der Waals surface area contributed by atoms with Crippen LogP contribution >= 0.6 is 0 Å². The zero-order valence-electron chi connectivity index (χ0n) is 16.0. The van der Waals surface area contributed by atoms with Crippen LogP contribution in [0.5, 0.6) is 0 Å². The smallest absolute Gasteiger partial charge is 0.332 e. The fourth-order valence-electron chi connectivity index (χ4n) is 3.51. The number of nitrogens with zero attached hydrogens (tertiary/aromatic N) is 4. The van der Waals surface area contributed by atoms with Crippen LogP contribution in [0, 0.1) is 0 Å². The van der Waals surface area contributed by atoms with Crippen LogP contribution in [0.3, 0.4) is 0 Å². The minimum atomic E-state index is -0.503. The number of ether oxygens (including phenoxy) is 2. The van der Waals surface area contributed by atoms with Crippen LogP contribution in [0.1, 0.15) is 47.0 Å². The Morgan fingerprint density at radius 2 is 1.96 bits per heavy atom. The summed E-state index contributed by atoms with van der Waals surface area (Å²) >= 11 is 0. The lowest BCUT2D eigenvalue weighted by Gasteiger charge is -2.17. The maximum Gasteiger partial charge on any atom is 0.332 e. The number of imidazole rings is 1. The van der Waals surface area contributed by atoms with Crippen molar-refractivity contribution >= 4 is 11.2 Å². The summed E-state index contributed by atoms with van der Waals surface area (Å²) in [5.74, 6) is -0.503. The van der Waals surface area contributed by atoms with E-state index in [9.17, 15) is 9.59 Å². The minimum absolute atomic E-state index is 0.102. The van der Waals surface area contributed by atoms with Gasteiger partial charge in [0, 0.05) is 19.6 Å². The van der Waals surface area contributed by atoms with Gasteiger partial charge in [-0.05, 0) is 47.0 Å². The third kappa shape index (κ3) is 3.48. The highest BCUT2D eigenvalue weighted by Gasteiger charge is 2.32. The van der Waals surface area contributed by atoms with Crippen molar-refractivity contribution < 1.29 is 9.47 Å². The van der Waals surface area contributed by atoms with E-state index in [1.807, 2.05) is 27.7 Å². The second-order valence-corrected chi connectivity index (χ2v) is 7.13. The third-order valence-electron chi connectivity index (χ3n) is 4.87. The Morgan fingerprint density at radius 1 is 1.19 bits per heavy atom. The lowest BCUT2D eigenvalue weighted by atomic mass is 10.1. The second kappa shape index (κ2) is 7.36. The number of fused-ring (bicyclic) bond motifs is 1. The molecule has 1 saturated heterocycles. The lowest BCUT2D eigenvalue weighted by molar-refractivity contribution is -0.139. The summed E-state index contributed by atoms with van der Waals surface area (Å²) in [7, 11) is 0. The highest BCUT2D eigenvalue weighted by molar-refractivity contribution is 5.70. The molecule has 0 aliphatic carbocycles. The van der Waals surface area contributed by atoms with Crippen LogP contribution in [0.15, 0.2) is 15.9 Å². The van der Waals surface area contributed by atoms with Crippen LogP contribution < -0.4 is 11.2 Å². The molecule has 3 heterocycles. The molecule has 0 saturated carbocycles. The average molecular weight is 364 g/mol. The average Bonchev–Trinajstić information content (AvgIpc) is 3.17. The first-order chi connectivity index (χ1) is 12.4. The van der Waals surface area contributed by atoms with Gasteiger partial charge >= 0.3 is 5.69 Å². The van der Waals surface area contributed by atoms with Gasteiger partial charge in [0.05, 0.1) is 19.0 Å². The lowest BCUT2D eigenvalue weighted by Crippen LogP contribution is -2.40. The Bertz CT molecular complexity index is 893. The molecule has 0 N–H and O–H groups in total. The molecule has 1 unspecified atom stereocenters. The number of hydrogen-bond acceptors (Lipinski definition) is 5. The van der Waals surface area contributed by atoms with Gasteiger partial charge in [0.15, 0.2) is 17.0 Å². The zero-order chi connectivity index (χ0) is 18.9. The molecule has 1 fully saturated rings. The summed E-state index contributed by atoms with van der Waals surface area (Å²) in [6.07, 6.45) is 4.35. The number of rotatable bonds is 7. The summed E-state index contributed by atoms with van der Waals surface area (Å²) in [4.78, 5) is 29.6. The van der Waals surface area contributed by atoms with Crippen LogP contribution in [0.2, 0.25) is 0 Å². The second-order valence-electron chi connectivity index (χ2n) is 7.13. The van der Waals surface area contributed by atoms with E-state index in [2.05, 4.69) is 4.98 Å². The predicted molar refractivity (Wildman–Crippen MR) is 98.4 cm³/mol. The quantitative estimate of drug-likeness (QED) is 0.699. The molecule has 0 amide bonds. The summed E-state index contributed by atoms with van der Waals surface area (Å²) in [5, 5.41) is 0. The topological polar surface area (TPSA) is 80.3 Å². The van der Waals surface area contributed by atoms with E-state index in [0.29, 0.717) is 37.4 Å². The molecular weight excluding hydrogens is 336 g/mol. The molecule has 8 nitrogen and oxygen atoms in total. The molecule has 1 aliphatic heterocycles. The van der Waals surface area contributed by atoms with Crippen molar-refractivity contribution in [2.45, 2.75) is 78.5 Å². The van der Waals surface area contributed by atoms with E-state index in [1.165, 1.54) is 4.57 Å². The number of unbranched alkanes of at least 4 members (excludes halogenated alkanes) is 1. The Hall–Kier alpha value is -1.93. The SMILES string of the molecule is CCn1c(=O)c2c(ncn2CC)n(CCCCC2COC(C)(C)O2)c1=O. The van der Waals surface area contributed by atoms with Gasteiger partial charge in [-0.3, -0.25) is 13.9 Å². The number of aryl methyl sites for hydroxylation is 2. The first-order valence-electron chi connectivity index (χ1n) is 9.38. The van der Waals surface area contributed by atoms with Crippen molar-refractivity contribution in [1.29, 1.82) is 0 Å². The Kier molecular flexibility index (Phi) is 5.34. The van der Waals surface area contributed by atoms with Gasteiger partial charge in [0.1, 0.15) is 0 Å². The highest BCUT2D eigenvalue weighted by Crippen LogP contribution is 2.25. The molecule has 2 aromatic rings. The molecule has 1 atom stereocenters. The van der Waals surface area contributed by atoms with Gasteiger partial charge < -0.3 is 14.0 Å². The van der Waals surface area contributed by atoms with Crippen molar-refractivity contribution in [3.8, 4) is 0 Å². The fraction of sp³-hybridized carbons (Fsp3) is 0.722. The van der Waals surface area contributed by atoms with Gasteiger partial charge in [0.25, 0.3) is 5.56 Å². The summed E-state index contributed by atoms with van der Waals surface area (Å²) in [6.45, 7) is 9.74. The van der Waals surface area contributed by atoms with Crippen molar-refractivity contribution in [2.24, 2.45) is 0 Å². The van der Waals surface area contributed by atoms with Gasteiger partial charge in [-0.25, -0.2) is 9.78 Å². The fourth-order valence-corrected chi connectivity index (χ4v) is 3.51. The minimum Gasteiger partial charge on any atom is -0.348 e. The highest BCUT2D eigenvalue weighted by atomic mass is 16.7. The van der Waals surface area contributed by atoms with E-state index in [0.717, 1.165) is 19.3 Å². The summed E-state index contributed by atoms with van der Waals surface area (Å²) in [6, 6.07) is 0. The number of hydrogen-bond donors (Lipinski definition) is 0. The largest absolute Gasteiger partial charge is 0.348 e. The van der Waals surface area contributed by atoms with E-state index < -0.39 is 5.79 Å². The normalized spacial score (nSPS) is 19.5. The molecular formula is C18H28N4O4. The maximum absolute atomic E-state index is 12.7. The monoisotopic (exact) mass is 364 g/mol. The molecule has 144 valence electrons. The molecule has 0 spiro atoms. The Morgan fingerprint density at radius 3 is 2.58 bits per heavy atom. The van der Waals surface area contributed by atoms with Crippen LogP contribution in [0.25, 0.3) is 11.2 Å². The van der Waals surface area contributed by atoms with Crippen LogP contribution in [0.4, 0.5) is 0 Å². The van der Waals surface area contributed by atoms with Gasteiger partial charge in [-0.1, -0.05) is 0 Å². The van der Waals surface area contributed by atoms with E-state index in [4.69, 9.17) is 9.47 Å². The van der Waals surface area contributed by atoms with E-state index >= 15 is 0 Å². The van der Waals surface area contributed by atoms with Gasteiger partial charge in [-0.15, -0.1) is 0 Å². The van der Waals surface area contributed by atoms with Gasteiger partial charge in [-0.2, -0.15) is 0 Å². The summed E-state index contributed by atoms with van der Waals surface area (Å²) < 4.78 is 16.1. The molecule has 26 heavy (non-hydrogen) atoms. The van der Waals surface area contributed by atoms with Crippen molar-refractivity contribution in [3.63, 3.8) is 0 Å². The predicted octanol–water partition coefficient (Wildman–Crippen LogP) is 1.72. The van der Waals surface area contributed by atoms with Crippen molar-refractivity contribution in [1.82, 2.24) is 18.7 Å². The molecule has 2 aromatic heterocycles. The zero-order valence-corrected chi connectivity index (χ0v) is 16.0. The van der Waals surface area contributed by atoms with Crippen LogP contribution in [-0.2, 0) is 29.1 Å². The molecule has 0 radical (unpaired) electrons. The molecule has 8 heteroatoms. The molecule has 0 bridgehead atoms. The third-order valence-corrected chi connectivity index (χ3v) is 4.87. The molecule has 0 aromatic carbocycles. The molecule has 1 aliphatic rings.